The summed E-state index contributed by atoms with van der Waals surface area (Å²) in [5.41, 5.74) is 0. The summed E-state index contributed by atoms with van der Waals surface area (Å²) in [6, 6.07) is 0.315. The van der Waals surface area contributed by atoms with E-state index in [0.717, 1.165) is 12.2 Å². The molecule has 0 saturated heterocycles. The molecule has 4 heteroatoms. The zero-order valence-corrected chi connectivity index (χ0v) is 10.8. The Morgan fingerprint density at radius 2 is 2.33 bits per heavy atom. The molecule has 0 aliphatic rings. The van der Waals surface area contributed by atoms with Gasteiger partial charge in [-0.1, -0.05) is 6.08 Å². The van der Waals surface area contributed by atoms with E-state index in [1.165, 1.54) is 0 Å². The van der Waals surface area contributed by atoms with Gasteiger partial charge < -0.3 is 10.2 Å². The minimum Gasteiger partial charge on any atom is -0.342 e. The molecule has 0 heterocycles. The Bertz CT molecular complexity index is 197. The van der Waals surface area contributed by atoms with Crippen molar-refractivity contribution >= 4 is 17.7 Å². The van der Waals surface area contributed by atoms with Crippen molar-refractivity contribution in [3.63, 3.8) is 0 Å². The third-order valence-electron chi connectivity index (χ3n) is 2.36. The molecule has 0 aromatic heterocycles. The maximum atomic E-state index is 11.6. The summed E-state index contributed by atoms with van der Waals surface area (Å²) in [5, 5.41) is 3.01. The number of likely N-dealkylation sites (N-methyl/N-ethyl adjacent to an activating group) is 1. The molecule has 0 aliphatic heterocycles. The van der Waals surface area contributed by atoms with Crippen LogP contribution in [0.15, 0.2) is 12.7 Å². The van der Waals surface area contributed by atoms with E-state index in [4.69, 9.17) is 0 Å². The number of hydrogen-bond donors (Lipinski definition) is 1. The Kier molecular flexibility index (Phi) is 8.52. The summed E-state index contributed by atoms with van der Waals surface area (Å²) in [5.74, 6) is 1.24. The third kappa shape index (κ3) is 6.57. The quantitative estimate of drug-likeness (QED) is 0.505. The first-order valence-electron chi connectivity index (χ1n) is 5.19. The van der Waals surface area contributed by atoms with Crippen LogP contribution in [0.5, 0.6) is 0 Å². The highest BCUT2D eigenvalue weighted by atomic mass is 32.2. The minimum absolute atomic E-state index is 0.144. The molecule has 0 aromatic carbocycles. The fourth-order valence-corrected chi connectivity index (χ4v) is 1.71. The largest absolute Gasteiger partial charge is 0.342 e. The molecule has 0 spiro atoms. The number of amides is 1. The maximum Gasteiger partial charge on any atom is 0.236 e. The number of nitrogens with one attached hydrogen (secondary N) is 1. The number of thioether (sulfide) groups is 1. The van der Waals surface area contributed by atoms with Crippen LogP contribution in [-0.2, 0) is 4.79 Å². The van der Waals surface area contributed by atoms with Crippen molar-refractivity contribution in [2.45, 2.75) is 19.4 Å². The molecule has 88 valence electrons. The van der Waals surface area contributed by atoms with Gasteiger partial charge in [0.1, 0.15) is 0 Å². The fraction of sp³-hybridized carbons (Fsp3) is 0.727. The SMILES string of the molecule is C=CCNCC(=O)N(C)C(C)CCSC. The van der Waals surface area contributed by atoms with Gasteiger partial charge in [0.05, 0.1) is 6.54 Å². The van der Waals surface area contributed by atoms with Crippen LogP contribution in [0.1, 0.15) is 13.3 Å². The molecule has 1 amide bonds. The monoisotopic (exact) mass is 230 g/mol. The highest BCUT2D eigenvalue weighted by molar-refractivity contribution is 7.98. The molecule has 3 nitrogen and oxygen atoms in total. The second-order valence-electron chi connectivity index (χ2n) is 3.55. The van der Waals surface area contributed by atoms with E-state index in [2.05, 4.69) is 25.1 Å². The van der Waals surface area contributed by atoms with E-state index in [1.807, 2.05) is 23.7 Å². The van der Waals surface area contributed by atoms with Gasteiger partial charge in [-0.3, -0.25) is 4.79 Å². The first-order valence-corrected chi connectivity index (χ1v) is 6.59. The third-order valence-corrected chi connectivity index (χ3v) is 3.00. The van der Waals surface area contributed by atoms with Crippen LogP contribution in [-0.4, -0.2) is 49.0 Å². The lowest BCUT2D eigenvalue weighted by molar-refractivity contribution is -0.130. The molecular formula is C11H22N2OS. The first-order chi connectivity index (χ1) is 7.13. The number of carbonyl (C=O) groups is 1. The molecular weight excluding hydrogens is 208 g/mol. The molecule has 0 radical (unpaired) electrons. The molecule has 1 atom stereocenters. The predicted molar refractivity (Wildman–Crippen MR) is 68.3 cm³/mol. The summed E-state index contributed by atoms with van der Waals surface area (Å²) in [4.78, 5) is 13.5. The van der Waals surface area contributed by atoms with Crippen molar-refractivity contribution in [2.75, 3.05) is 32.1 Å². The van der Waals surface area contributed by atoms with E-state index >= 15 is 0 Å². The average Bonchev–Trinajstić information content (AvgIpc) is 2.24. The lowest BCUT2D eigenvalue weighted by Gasteiger charge is -2.24. The van der Waals surface area contributed by atoms with Crippen LogP contribution in [0.2, 0.25) is 0 Å². The summed E-state index contributed by atoms with van der Waals surface area (Å²) in [6.45, 7) is 6.75. The first kappa shape index (κ1) is 14.5. The lowest BCUT2D eigenvalue weighted by Crippen LogP contribution is -2.41. The smallest absolute Gasteiger partial charge is 0.236 e. The molecule has 0 aliphatic carbocycles. The van der Waals surface area contributed by atoms with Crippen LogP contribution in [0.4, 0.5) is 0 Å². The van der Waals surface area contributed by atoms with E-state index < -0.39 is 0 Å². The second-order valence-corrected chi connectivity index (χ2v) is 4.54. The van der Waals surface area contributed by atoms with Gasteiger partial charge >= 0.3 is 0 Å². The molecule has 1 N–H and O–H groups in total. The van der Waals surface area contributed by atoms with Crippen molar-refractivity contribution < 1.29 is 4.79 Å². The van der Waals surface area contributed by atoms with Crippen molar-refractivity contribution in [3.8, 4) is 0 Å². The van der Waals surface area contributed by atoms with Gasteiger partial charge in [-0.2, -0.15) is 11.8 Å². The van der Waals surface area contributed by atoms with E-state index in [0.29, 0.717) is 19.1 Å². The second kappa shape index (κ2) is 8.80. The van der Waals surface area contributed by atoms with Gasteiger partial charge in [-0.25, -0.2) is 0 Å². The number of hydrogen-bond acceptors (Lipinski definition) is 3. The Balaban J connectivity index is 3.79. The highest BCUT2D eigenvalue weighted by Crippen LogP contribution is 2.05. The van der Waals surface area contributed by atoms with Crippen LogP contribution in [0.3, 0.4) is 0 Å². The van der Waals surface area contributed by atoms with Crippen LogP contribution >= 0.6 is 11.8 Å². The molecule has 1 unspecified atom stereocenters. The zero-order chi connectivity index (χ0) is 11.7. The van der Waals surface area contributed by atoms with Crippen molar-refractivity contribution in [1.82, 2.24) is 10.2 Å². The Labute approximate surface area is 97.3 Å². The topological polar surface area (TPSA) is 32.3 Å². The Morgan fingerprint density at radius 1 is 1.67 bits per heavy atom. The number of nitrogens with zero attached hydrogens (tertiary/aromatic N) is 1. The minimum atomic E-state index is 0.144. The molecule has 0 fully saturated rings. The van der Waals surface area contributed by atoms with Crippen molar-refractivity contribution in [3.05, 3.63) is 12.7 Å². The average molecular weight is 230 g/mol. The maximum absolute atomic E-state index is 11.6. The van der Waals surface area contributed by atoms with Gasteiger partial charge in [0, 0.05) is 19.6 Å². The summed E-state index contributed by atoms with van der Waals surface area (Å²) in [7, 11) is 1.86. The molecule has 0 rings (SSSR count). The summed E-state index contributed by atoms with van der Waals surface area (Å²) in [6.07, 6.45) is 4.88. The van der Waals surface area contributed by atoms with Crippen LogP contribution in [0.25, 0.3) is 0 Å². The Hall–Kier alpha value is -0.480. The predicted octanol–water partition coefficient (Wildman–Crippen LogP) is 1.36. The van der Waals surface area contributed by atoms with E-state index in [9.17, 15) is 4.79 Å². The lowest BCUT2D eigenvalue weighted by atomic mass is 10.2. The molecule has 0 bridgehead atoms. The van der Waals surface area contributed by atoms with Gasteiger partial charge in [0.2, 0.25) is 5.91 Å². The van der Waals surface area contributed by atoms with E-state index in [1.54, 1.807) is 6.08 Å². The molecule has 0 saturated carbocycles. The molecule has 15 heavy (non-hydrogen) atoms. The zero-order valence-electron chi connectivity index (χ0n) is 9.95. The van der Waals surface area contributed by atoms with Gasteiger partial charge in [0.25, 0.3) is 0 Å². The normalized spacial score (nSPS) is 12.2. The van der Waals surface area contributed by atoms with Crippen molar-refractivity contribution in [1.29, 1.82) is 0 Å². The molecule has 0 aromatic rings. The van der Waals surface area contributed by atoms with Crippen LogP contribution in [0, 0.1) is 0 Å². The highest BCUT2D eigenvalue weighted by Gasteiger charge is 2.14. The van der Waals surface area contributed by atoms with Crippen LogP contribution < -0.4 is 5.32 Å². The summed E-state index contributed by atoms with van der Waals surface area (Å²) >= 11 is 1.81. The summed E-state index contributed by atoms with van der Waals surface area (Å²) < 4.78 is 0. The van der Waals surface area contributed by atoms with Crippen molar-refractivity contribution in [2.24, 2.45) is 0 Å². The number of carbonyl (C=O) groups excluding carboxylic acids is 1. The standard InChI is InChI=1S/C11H22N2OS/c1-5-7-12-9-11(14)13(3)10(2)6-8-15-4/h5,10,12H,1,6-9H2,2-4H3. The fourth-order valence-electron chi connectivity index (χ4n) is 1.13. The van der Waals surface area contributed by atoms with Gasteiger partial charge in [0.15, 0.2) is 0 Å². The van der Waals surface area contributed by atoms with Gasteiger partial charge in [-0.15, -0.1) is 6.58 Å². The van der Waals surface area contributed by atoms with E-state index in [-0.39, 0.29) is 5.91 Å². The Morgan fingerprint density at radius 3 is 2.87 bits per heavy atom. The van der Waals surface area contributed by atoms with Gasteiger partial charge in [-0.05, 0) is 25.4 Å². The number of rotatable bonds is 8.